The fourth-order valence-corrected chi connectivity index (χ4v) is 4.42. The van der Waals surface area contributed by atoms with Crippen molar-refractivity contribution < 1.29 is 22.3 Å². The van der Waals surface area contributed by atoms with Gasteiger partial charge in [-0.2, -0.15) is 13.2 Å². The summed E-state index contributed by atoms with van der Waals surface area (Å²) in [5.41, 5.74) is 7.17. The summed E-state index contributed by atoms with van der Waals surface area (Å²) in [6, 6.07) is 6.96. The summed E-state index contributed by atoms with van der Waals surface area (Å²) in [6.45, 7) is 2.48. The first-order valence-electron chi connectivity index (χ1n) is 10.9. The molecule has 1 aliphatic rings. The molecule has 2 N–H and O–H groups in total. The van der Waals surface area contributed by atoms with Gasteiger partial charge in [-0.1, -0.05) is 12.1 Å². The average molecular weight is 511 g/mol. The van der Waals surface area contributed by atoms with E-state index in [4.69, 9.17) is 10.5 Å². The van der Waals surface area contributed by atoms with E-state index in [1.54, 1.807) is 19.1 Å². The number of halogens is 5. The lowest BCUT2D eigenvalue weighted by Gasteiger charge is -2.30. The van der Waals surface area contributed by atoms with E-state index in [0.717, 1.165) is 0 Å². The third-order valence-electron chi connectivity index (χ3n) is 5.94. The second kappa shape index (κ2) is 9.56. The number of hydrogen-bond acceptors (Lipinski definition) is 6. The number of ether oxygens (including phenoxy) is 1. The largest absolute Gasteiger partial charge is 0.491 e. The zero-order chi connectivity index (χ0) is 24.0. The van der Waals surface area contributed by atoms with Gasteiger partial charge in [0, 0.05) is 36.8 Å². The Bertz CT molecular complexity index is 1360. The van der Waals surface area contributed by atoms with Crippen LogP contribution in [-0.2, 0) is 0 Å². The standard InChI is InChI=1S/C23H22F4N6O.ClH/c1-2-34-19-10-18-13(9-16(19)24)3-5-17(29-18)22-31-30-20-6-4-14(11-33(20)22)21(23(25,26)27)32-8-7-15(28)12-32;/h3-6,9-11,15,21H,2,7-8,12,28H2,1H3;1H/t15-,21+;/m1./s1. The van der Waals surface area contributed by atoms with Gasteiger partial charge < -0.3 is 10.5 Å². The lowest BCUT2D eigenvalue weighted by Crippen LogP contribution is -2.38. The van der Waals surface area contributed by atoms with E-state index in [1.165, 1.54) is 39.8 Å². The Morgan fingerprint density at radius 2 is 1.97 bits per heavy atom. The molecule has 1 saturated heterocycles. The topological polar surface area (TPSA) is 81.6 Å². The zero-order valence-electron chi connectivity index (χ0n) is 18.7. The van der Waals surface area contributed by atoms with Gasteiger partial charge in [0.25, 0.3) is 0 Å². The molecule has 0 spiro atoms. The third kappa shape index (κ3) is 4.75. The number of alkyl halides is 3. The molecule has 186 valence electrons. The number of rotatable bonds is 5. The Kier molecular flexibility index (Phi) is 6.85. The van der Waals surface area contributed by atoms with Crippen molar-refractivity contribution in [2.45, 2.75) is 31.6 Å². The van der Waals surface area contributed by atoms with Crippen LogP contribution >= 0.6 is 12.4 Å². The first-order valence-corrected chi connectivity index (χ1v) is 10.9. The molecule has 1 aromatic carbocycles. The van der Waals surface area contributed by atoms with Crippen LogP contribution in [0.5, 0.6) is 5.75 Å². The maximum Gasteiger partial charge on any atom is 0.408 e. The number of pyridine rings is 2. The molecule has 5 rings (SSSR count). The number of fused-ring (bicyclic) bond motifs is 2. The van der Waals surface area contributed by atoms with Crippen LogP contribution in [0.25, 0.3) is 28.1 Å². The smallest absolute Gasteiger partial charge is 0.408 e. The van der Waals surface area contributed by atoms with Crippen LogP contribution in [0, 0.1) is 5.82 Å². The monoisotopic (exact) mass is 510 g/mol. The van der Waals surface area contributed by atoms with E-state index in [2.05, 4.69) is 15.2 Å². The van der Waals surface area contributed by atoms with E-state index >= 15 is 0 Å². The Balaban J connectivity index is 0.00000289. The molecular formula is C23H23ClF4N6O. The lowest BCUT2D eigenvalue weighted by molar-refractivity contribution is -0.183. The number of nitrogens with zero attached hydrogens (tertiary/aromatic N) is 5. The summed E-state index contributed by atoms with van der Waals surface area (Å²) in [4.78, 5) is 5.90. The SMILES string of the molecule is CCOc1cc2nc(-c3nnc4ccc([C@H](N5CC[C@@H](N)C5)C(F)(F)F)cn34)ccc2cc1F.Cl. The second-order valence-corrected chi connectivity index (χ2v) is 8.31. The number of likely N-dealkylation sites (tertiary alicyclic amines) is 1. The highest BCUT2D eigenvalue weighted by atomic mass is 35.5. The molecule has 3 aromatic heterocycles. The summed E-state index contributed by atoms with van der Waals surface area (Å²) < 4.78 is 63.2. The van der Waals surface area contributed by atoms with E-state index in [9.17, 15) is 17.6 Å². The Morgan fingerprint density at radius 3 is 2.66 bits per heavy atom. The Morgan fingerprint density at radius 1 is 1.17 bits per heavy atom. The molecule has 0 amide bonds. The van der Waals surface area contributed by atoms with Crippen LogP contribution in [0.15, 0.2) is 42.6 Å². The van der Waals surface area contributed by atoms with Crippen molar-refractivity contribution in [2.75, 3.05) is 19.7 Å². The predicted molar refractivity (Wildman–Crippen MR) is 125 cm³/mol. The van der Waals surface area contributed by atoms with Crippen LogP contribution in [0.3, 0.4) is 0 Å². The summed E-state index contributed by atoms with van der Waals surface area (Å²) in [5.74, 6) is -0.147. The third-order valence-corrected chi connectivity index (χ3v) is 5.94. The van der Waals surface area contributed by atoms with Gasteiger partial charge in [-0.25, -0.2) is 9.37 Å². The molecule has 0 bridgehead atoms. The van der Waals surface area contributed by atoms with Gasteiger partial charge in [0.1, 0.15) is 11.7 Å². The molecule has 0 radical (unpaired) electrons. The van der Waals surface area contributed by atoms with Crippen molar-refractivity contribution >= 4 is 29.0 Å². The van der Waals surface area contributed by atoms with Gasteiger partial charge in [-0.05, 0) is 37.1 Å². The first kappa shape index (κ1) is 25.1. The minimum Gasteiger partial charge on any atom is -0.491 e. The van der Waals surface area contributed by atoms with Gasteiger partial charge in [0.05, 0.1) is 12.1 Å². The molecule has 7 nitrogen and oxygen atoms in total. The van der Waals surface area contributed by atoms with E-state index in [0.29, 0.717) is 35.3 Å². The summed E-state index contributed by atoms with van der Waals surface area (Å²) >= 11 is 0. The minimum absolute atomic E-state index is 0. The van der Waals surface area contributed by atoms with Crippen LogP contribution < -0.4 is 10.5 Å². The number of hydrogen-bond donors (Lipinski definition) is 1. The number of aromatic nitrogens is 4. The van der Waals surface area contributed by atoms with Crippen molar-refractivity contribution in [3.63, 3.8) is 0 Å². The van der Waals surface area contributed by atoms with Crippen molar-refractivity contribution in [1.29, 1.82) is 0 Å². The van der Waals surface area contributed by atoms with Gasteiger partial charge >= 0.3 is 6.18 Å². The molecule has 0 aliphatic carbocycles. The maximum absolute atomic E-state index is 14.2. The lowest BCUT2D eigenvalue weighted by atomic mass is 10.1. The van der Waals surface area contributed by atoms with Crippen LogP contribution in [-0.4, -0.2) is 56.4 Å². The molecule has 1 aliphatic heterocycles. The molecule has 0 saturated carbocycles. The molecule has 12 heteroatoms. The van der Waals surface area contributed by atoms with Crippen LogP contribution in [0.2, 0.25) is 0 Å². The number of benzene rings is 1. The molecule has 2 atom stereocenters. The highest BCUT2D eigenvalue weighted by Gasteiger charge is 2.46. The fourth-order valence-electron chi connectivity index (χ4n) is 4.42. The molecule has 35 heavy (non-hydrogen) atoms. The van der Waals surface area contributed by atoms with Gasteiger partial charge in [-0.15, -0.1) is 22.6 Å². The van der Waals surface area contributed by atoms with E-state index in [-0.39, 0.29) is 48.7 Å². The summed E-state index contributed by atoms with van der Waals surface area (Å²) in [6.07, 6.45) is -2.57. The van der Waals surface area contributed by atoms with E-state index in [1.807, 2.05) is 0 Å². The molecule has 4 heterocycles. The van der Waals surface area contributed by atoms with E-state index < -0.39 is 18.0 Å². The molecule has 4 aromatic rings. The molecule has 0 unspecified atom stereocenters. The first-order chi connectivity index (χ1) is 16.2. The zero-order valence-corrected chi connectivity index (χ0v) is 19.5. The Labute approximate surface area is 204 Å². The van der Waals surface area contributed by atoms with Gasteiger partial charge in [0.15, 0.2) is 23.0 Å². The Hall–Kier alpha value is -3.02. The maximum atomic E-state index is 14.2. The highest BCUT2D eigenvalue weighted by molar-refractivity contribution is 5.85. The average Bonchev–Trinajstić information content (AvgIpc) is 3.39. The van der Waals surface area contributed by atoms with Crippen LogP contribution in [0.1, 0.15) is 24.9 Å². The summed E-state index contributed by atoms with van der Waals surface area (Å²) in [5, 5.41) is 8.79. The highest BCUT2D eigenvalue weighted by Crippen LogP contribution is 2.39. The fraction of sp³-hybridized carbons (Fsp3) is 0.348. The molecule has 1 fully saturated rings. The number of nitrogens with two attached hydrogens (primary N) is 1. The van der Waals surface area contributed by atoms with Crippen molar-refractivity contribution in [1.82, 2.24) is 24.5 Å². The van der Waals surface area contributed by atoms with Crippen molar-refractivity contribution in [3.8, 4) is 17.3 Å². The second-order valence-electron chi connectivity index (χ2n) is 8.31. The van der Waals surface area contributed by atoms with Crippen molar-refractivity contribution in [2.24, 2.45) is 5.73 Å². The summed E-state index contributed by atoms with van der Waals surface area (Å²) in [7, 11) is 0. The quantitative estimate of drug-likeness (QED) is 0.397. The van der Waals surface area contributed by atoms with Crippen LogP contribution in [0.4, 0.5) is 17.6 Å². The normalized spacial score (nSPS) is 17.6. The van der Waals surface area contributed by atoms with Crippen molar-refractivity contribution in [3.05, 3.63) is 54.0 Å². The van der Waals surface area contributed by atoms with Gasteiger partial charge in [0.2, 0.25) is 0 Å². The minimum atomic E-state index is -4.48. The molecular weight excluding hydrogens is 488 g/mol. The van der Waals surface area contributed by atoms with Gasteiger partial charge in [-0.3, -0.25) is 9.30 Å². The predicted octanol–water partition coefficient (Wildman–Crippen LogP) is 4.54.